The standard InChI is InChI=1S/C33H23N3/c1-21-14-15-28-30-24(19-34)10-7-12-26(30)31-32(35(28)20-21)33(31)27-13-6-5-11-25(27)29-18-23(16-17-36(29)33)22-8-3-2-4-9-22/h2-18,20,31-32H,1H3/q+2. The van der Waals surface area contributed by atoms with Crippen LogP contribution in [0.3, 0.4) is 0 Å². The van der Waals surface area contributed by atoms with Crippen LogP contribution < -0.4 is 9.13 Å². The third-order valence-corrected chi connectivity index (χ3v) is 8.46. The molecule has 1 saturated carbocycles. The zero-order chi connectivity index (χ0) is 24.0. The molecule has 0 bridgehead atoms. The third-order valence-electron chi connectivity index (χ3n) is 8.46. The predicted octanol–water partition coefficient (Wildman–Crippen LogP) is 5.85. The van der Waals surface area contributed by atoms with Crippen LogP contribution >= 0.6 is 0 Å². The maximum Gasteiger partial charge on any atom is 0.269 e. The molecule has 0 N–H and O–H groups in total. The Kier molecular flexibility index (Phi) is 3.71. The van der Waals surface area contributed by atoms with Crippen molar-refractivity contribution in [1.82, 2.24) is 0 Å². The summed E-state index contributed by atoms with van der Waals surface area (Å²) in [5, 5.41) is 10.0. The molecule has 3 nitrogen and oxygen atoms in total. The van der Waals surface area contributed by atoms with E-state index < -0.39 is 0 Å². The highest BCUT2D eigenvalue weighted by Crippen LogP contribution is 2.70. The van der Waals surface area contributed by atoms with Gasteiger partial charge in [0.15, 0.2) is 12.4 Å². The first-order chi connectivity index (χ1) is 17.7. The molecule has 3 heteroatoms. The molecule has 1 aliphatic carbocycles. The van der Waals surface area contributed by atoms with Gasteiger partial charge in [0.1, 0.15) is 12.0 Å². The SMILES string of the molecule is Cc1ccc2[n+](c1)C1C(c3cccc(C#N)c3-2)C12c1ccccc1-c1cc(-c3ccccc3)cc[n+]12. The van der Waals surface area contributed by atoms with E-state index in [4.69, 9.17) is 0 Å². The number of nitrogens with zero attached hydrogens (tertiary/aromatic N) is 3. The molecule has 2 aromatic heterocycles. The molecular weight excluding hydrogens is 438 g/mol. The average molecular weight is 462 g/mol. The Labute approximate surface area is 210 Å². The van der Waals surface area contributed by atoms with Crippen LogP contribution in [0.4, 0.5) is 0 Å². The topological polar surface area (TPSA) is 31.5 Å². The fourth-order valence-corrected chi connectivity index (χ4v) is 7.06. The zero-order valence-corrected chi connectivity index (χ0v) is 19.9. The number of rotatable bonds is 1. The first-order valence-electron chi connectivity index (χ1n) is 12.5. The van der Waals surface area contributed by atoms with Gasteiger partial charge in [0.2, 0.25) is 17.4 Å². The second kappa shape index (κ2) is 6.77. The molecule has 3 unspecified atom stereocenters. The average Bonchev–Trinajstić information content (AvgIpc) is 3.56. The molecule has 8 rings (SSSR count). The highest BCUT2D eigenvalue weighted by molar-refractivity contribution is 5.78. The predicted molar refractivity (Wildman–Crippen MR) is 138 cm³/mol. The molecule has 3 atom stereocenters. The Morgan fingerprint density at radius 2 is 1.64 bits per heavy atom. The Hall–Kier alpha value is -4.55. The normalized spacial score (nSPS) is 21.6. The van der Waals surface area contributed by atoms with Gasteiger partial charge in [-0.1, -0.05) is 60.7 Å². The van der Waals surface area contributed by atoms with Crippen LogP contribution in [0, 0.1) is 18.3 Å². The Morgan fingerprint density at radius 1 is 0.806 bits per heavy atom. The third kappa shape index (κ3) is 2.27. The minimum absolute atomic E-state index is 0.215. The van der Waals surface area contributed by atoms with Gasteiger partial charge in [0, 0.05) is 29.3 Å². The van der Waals surface area contributed by atoms with Crippen molar-refractivity contribution in [3.63, 3.8) is 0 Å². The van der Waals surface area contributed by atoms with Crippen LogP contribution in [0.5, 0.6) is 0 Å². The summed E-state index contributed by atoms with van der Waals surface area (Å²) < 4.78 is 4.97. The van der Waals surface area contributed by atoms with Crippen LogP contribution in [0.15, 0.2) is 109 Å². The summed E-state index contributed by atoms with van der Waals surface area (Å²) in [6, 6.07) is 37.4. The molecule has 1 fully saturated rings. The molecule has 36 heavy (non-hydrogen) atoms. The van der Waals surface area contributed by atoms with Crippen LogP contribution in [0.25, 0.3) is 33.6 Å². The van der Waals surface area contributed by atoms with E-state index in [2.05, 4.69) is 126 Å². The van der Waals surface area contributed by atoms with Crippen molar-refractivity contribution >= 4 is 0 Å². The number of fused-ring (bicyclic) bond motifs is 13. The van der Waals surface area contributed by atoms with E-state index >= 15 is 0 Å². The number of hydrogen-bond donors (Lipinski definition) is 0. The van der Waals surface area contributed by atoms with Gasteiger partial charge >= 0.3 is 0 Å². The molecule has 0 radical (unpaired) electrons. The van der Waals surface area contributed by atoms with E-state index in [9.17, 15) is 5.26 Å². The summed E-state index contributed by atoms with van der Waals surface area (Å²) in [7, 11) is 0. The van der Waals surface area contributed by atoms with Crippen LogP contribution in [-0.4, -0.2) is 0 Å². The number of hydrogen-bond acceptors (Lipinski definition) is 1. The number of pyridine rings is 2. The summed E-state index contributed by atoms with van der Waals surface area (Å²) in [5.74, 6) is 0.259. The first-order valence-corrected chi connectivity index (χ1v) is 12.5. The quantitative estimate of drug-likeness (QED) is 0.288. The summed E-state index contributed by atoms with van der Waals surface area (Å²) in [4.78, 5) is 0. The van der Waals surface area contributed by atoms with Crippen molar-refractivity contribution in [1.29, 1.82) is 5.26 Å². The second-order valence-electron chi connectivity index (χ2n) is 10.2. The molecule has 5 aromatic rings. The van der Waals surface area contributed by atoms with E-state index in [1.54, 1.807) is 0 Å². The zero-order valence-electron chi connectivity index (χ0n) is 19.9. The Bertz CT molecular complexity index is 1780. The lowest BCUT2D eigenvalue weighted by Gasteiger charge is -2.13. The lowest BCUT2D eigenvalue weighted by atomic mass is 9.90. The van der Waals surface area contributed by atoms with E-state index in [0.29, 0.717) is 0 Å². The second-order valence-corrected chi connectivity index (χ2v) is 10.2. The van der Waals surface area contributed by atoms with Gasteiger partial charge in [-0.05, 0) is 41.8 Å². The fraction of sp³-hybridized carbons (Fsp3) is 0.121. The van der Waals surface area contributed by atoms with Crippen molar-refractivity contribution in [2.75, 3.05) is 0 Å². The van der Waals surface area contributed by atoms with Gasteiger partial charge in [-0.2, -0.15) is 14.4 Å². The van der Waals surface area contributed by atoms with E-state index in [0.717, 1.165) is 16.8 Å². The Balaban J connectivity index is 1.44. The summed E-state index contributed by atoms with van der Waals surface area (Å²) in [5.41, 5.74) is 11.7. The van der Waals surface area contributed by atoms with Crippen molar-refractivity contribution in [2.24, 2.45) is 0 Å². The smallest absolute Gasteiger partial charge is 0.192 e. The molecule has 0 saturated heterocycles. The van der Waals surface area contributed by atoms with Crippen molar-refractivity contribution < 1.29 is 9.13 Å². The van der Waals surface area contributed by atoms with E-state index in [1.165, 1.54) is 39.1 Å². The van der Waals surface area contributed by atoms with Gasteiger partial charge in [0.25, 0.3) is 5.54 Å². The lowest BCUT2D eigenvalue weighted by Crippen LogP contribution is -2.51. The highest BCUT2D eigenvalue weighted by Gasteiger charge is 2.86. The number of nitriles is 1. The molecule has 3 aromatic carbocycles. The van der Waals surface area contributed by atoms with Crippen molar-refractivity contribution in [3.05, 3.63) is 132 Å². The first kappa shape index (κ1) is 19.7. The summed E-state index contributed by atoms with van der Waals surface area (Å²) in [6.45, 7) is 2.15. The monoisotopic (exact) mass is 461 g/mol. The molecule has 3 aliphatic rings. The van der Waals surface area contributed by atoms with Gasteiger partial charge in [-0.25, -0.2) is 0 Å². The van der Waals surface area contributed by atoms with Crippen LogP contribution in [0.2, 0.25) is 0 Å². The molecule has 1 spiro atoms. The van der Waals surface area contributed by atoms with Gasteiger partial charge < -0.3 is 0 Å². The Morgan fingerprint density at radius 3 is 2.50 bits per heavy atom. The number of aromatic nitrogens is 2. The van der Waals surface area contributed by atoms with E-state index in [-0.39, 0.29) is 17.5 Å². The molecule has 168 valence electrons. The van der Waals surface area contributed by atoms with Crippen molar-refractivity contribution in [2.45, 2.75) is 24.4 Å². The van der Waals surface area contributed by atoms with Gasteiger partial charge in [-0.3, -0.25) is 0 Å². The van der Waals surface area contributed by atoms with Crippen LogP contribution in [0.1, 0.15) is 34.2 Å². The minimum Gasteiger partial charge on any atom is -0.192 e. The maximum absolute atomic E-state index is 10.0. The molecule has 0 amide bonds. The molecule has 2 aliphatic heterocycles. The van der Waals surface area contributed by atoms with E-state index in [1.807, 2.05) is 6.07 Å². The largest absolute Gasteiger partial charge is 0.269 e. The summed E-state index contributed by atoms with van der Waals surface area (Å²) in [6.07, 6.45) is 4.57. The lowest BCUT2D eigenvalue weighted by molar-refractivity contribution is -0.772. The minimum atomic E-state index is -0.215. The van der Waals surface area contributed by atoms with Gasteiger partial charge in [0.05, 0.1) is 16.7 Å². The van der Waals surface area contributed by atoms with Crippen molar-refractivity contribution in [3.8, 4) is 39.7 Å². The fourth-order valence-electron chi connectivity index (χ4n) is 7.06. The van der Waals surface area contributed by atoms with Crippen LogP contribution in [-0.2, 0) is 5.54 Å². The molecular formula is C33H23N3+2. The highest BCUT2D eigenvalue weighted by atomic mass is 15.3. The maximum atomic E-state index is 10.0. The van der Waals surface area contributed by atoms with Gasteiger partial charge in [-0.15, -0.1) is 0 Å². The number of benzene rings is 3. The molecule has 4 heterocycles. The summed E-state index contributed by atoms with van der Waals surface area (Å²) >= 11 is 0. The number of aryl methyl sites for hydroxylation is 1.